The van der Waals surface area contributed by atoms with Crippen LogP contribution >= 0.6 is 11.6 Å². The molecule has 0 radical (unpaired) electrons. The van der Waals surface area contributed by atoms with Gasteiger partial charge in [-0.05, 0) is 59.2 Å². The van der Waals surface area contributed by atoms with Gasteiger partial charge in [-0.1, -0.05) is 36.9 Å². The lowest BCUT2D eigenvalue weighted by atomic mass is 10.1. The van der Waals surface area contributed by atoms with Crippen molar-refractivity contribution in [3.05, 3.63) is 111 Å². The molecular weight excluding hydrogens is 512 g/mol. The number of allylic oxidation sites excluding steroid dienone is 5. The van der Waals surface area contributed by atoms with Gasteiger partial charge in [0.15, 0.2) is 0 Å². The summed E-state index contributed by atoms with van der Waals surface area (Å²) in [6.45, 7) is 16.9. The van der Waals surface area contributed by atoms with Crippen LogP contribution in [-0.2, 0) is 0 Å². The molecule has 202 valence electrons. The van der Waals surface area contributed by atoms with Crippen LogP contribution in [0.25, 0.3) is 5.69 Å². The molecular formula is C29H32ClF2N3O3. The summed E-state index contributed by atoms with van der Waals surface area (Å²) in [5, 5.41) is 10.0. The normalized spacial score (nSPS) is 13.3. The van der Waals surface area contributed by atoms with E-state index in [9.17, 15) is 18.7 Å². The van der Waals surface area contributed by atoms with Crippen molar-refractivity contribution in [3.8, 4) is 11.4 Å². The number of aromatic nitrogens is 2. The van der Waals surface area contributed by atoms with Crippen LogP contribution in [0.4, 0.5) is 8.78 Å². The molecule has 0 saturated heterocycles. The summed E-state index contributed by atoms with van der Waals surface area (Å²) in [6.07, 6.45) is 6.90. The second-order valence-corrected chi connectivity index (χ2v) is 9.40. The zero-order chi connectivity index (χ0) is 28.8. The standard InChI is InChI=1S/C29H32ClF2N3O3/c1-9-11-23(34-20(6)29(7,8)37)24-14-25(17(3)15-33-24)35-19(5)12-26(27(30)28(35)36)38-16-18(4)22(32)13-21(31)10-2/h9-15,37H,4,6,16H2,1-3,5,7-8H3/b11-9-,21-10+,22-13+,34-23+. The van der Waals surface area contributed by atoms with Gasteiger partial charge < -0.3 is 9.84 Å². The molecule has 1 N–H and O–H groups in total. The third-order valence-electron chi connectivity index (χ3n) is 5.44. The topological polar surface area (TPSA) is 76.7 Å². The fourth-order valence-corrected chi connectivity index (χ4v) is 3.33. The highest BCUT2D eigenvalue weighted by atomic mass is 35.5. The molecule has 0 unspecified atom stereocenters. The van der Waals surface area contributed by atoms with E-state index in [2.05, 4.69) is 23.1 Å². The molecule has 0 fully saturated rings. The van der Waals surface area contributed by atoms with Crippen LogP contribution in [0.5, 0.6) is 5.75 Å². The predicted molar refractivity (Wildman–Crippen MR) is 150 cm³/mol. The maximum atomic E-state index is 14.1. The predicted octanol–water partition coefficient (Wildman–Crippen LogP) is 6.81. The number of aryl methyl sites for hydroxylation is 2. The molecule has 6 nitrogen and oxygen atoms in total. The zero-order valence-corrected chi connectivity index (χ0v) is 23.2. The number of hydrogen-bond donors (Lipinski definition) is 1. The van der Waals surface area contributed by atoms with E-state index >= 15 is 0 Å². The van der Waals surface area contributed by atoms with Gasteiger partial charge in [-0.2, -0.15) is 0 Å². The molecule has 0 amide bonds. The van der Waals surface area contributed by atoms with Crippen LogP contribution in [0, 0.1) is 13.8 Å². The van der Waals surface area contributed by atoms with E-state index in [0.717, 1.165) is 6.08 Å². The summed E-state index contributed by atoms with van der Waals surface area (Å²) in [5.41, 5.74) is 0.919. The van der Waals surface area contributed by atoms with Gasteiger partial charge in [0, 0.05) is 29.6 Å². The number of aliphatic hydroxyl groups is 1. The maximum Gasteiger partial charge on any atom is 0.277 e. The van der Waals surface area contributed by atoms with Crippen molar-refractivity contribution in [2.45, 2.75) is 47.1 Å². The lowest BCUT2D eigenvalue weighted by molar-refractivity contribution is 0.119. The first-order chi connectivity index (χ1) is 17.7. The summed E-state index contributed by atoms with van der Waals surface area (Å²) in [5.74, 6) is -1.60. The number of nitrogens with zero attached hydrogens (tertiary/aromatic N) is 3. The van der Waals surface area contributed by atoms with Crippen molar-refractivity contribution in [2.75, 3.05) is 6.61 Å². The van der Waals surface area contributed by atoms with Gasteiger partial charge in [-0.3, -0.25) is 14.3 Å². The van der Waals surface area contributed by atoms with Crippen LogP contribution in [0.3, 0.4) is 0 Å². The number of ether oxygens (including phenoxy) is 1. The minimum atomic E-state index is -1.23. The van der Waals surface area contributed by atoms with Crippen molar-refractivity contribution in [2.24, 2.45) is 4.99 Å². The van der Waals surface area contributed by atoms with Crippen LogP contribution < -0.4 is 10.3 Å². The largest absolute Gasteiger partial charge is 0.487 e. The molecule has 9 heteroatoms. The average Bonchev–Trinajstić information content (AvgIpc) is 2.85. The first-order valence-electron chi connectivity index (χ1n) is 11.7. The molecule has 2 aromatic heterocycles. The Balaban J connectivity index is 2.52. The van der Waals surface area contributed by atoms with E-state index in [0.29, 0.717) is 34.4 Å². The number of halogens is 3. The number of aliphatic imine (C=N–C) groups is 1. The SMILES string of the molecule is C=C(COc1cc(C)n(-c2cc(C(/C=C\C)=N/C(=C)C(C)(C)O)ncc2C)c(=O)c1Cl)/C(F)=C\C(F)=C/C. The van der Waals surface area contributed by atoms with E-state index in [-0.39, 0.29) is 28.6 Å². The van der Waals surface area contributed by atoms with Gasteiger partial charge in [0.25, 0.3) is 5.56 Å². The molecule has 0 aliphatic carbocycles. The maximum absolute atomic E-state index is 14.1. The lowest BCUT2D eigenvalue weighted by Gasteiger charge is -2.18. The Hall–Kier alpha value is -3.62. The molecule has 0 saturated carbocycles. The second kappa shape index (κ2) is 12.8. The Bertz CT molecular complexity index is 1430. The van der Waals surface area contributed by atoms with Crippen molar-refractivity contribution in [1.82, 2.24) is 9.55 Å². The second-order valence-electron chi connectivity index (χ2n) is 9.02. The van der Waals surface area contributed by atoms with Gasteiger partial charge in [0.2, 0.25) is 0 Å². The third kappa shape index (κ3) is 7.46. The summed E-state index contributed by atoms with van der Waals surface area (Å²) < 4.78 is 34.4. The van der Waals surface area contributed by atoms with Crippen molar-refractivity contribution < 1.29 is 18.6 Å². The van der Waals surface area contributed by atoms with E-state index in [1.165, 1.54) is 11.5 Å². The monoisotopic (exact) mass is 543 g/mol. The summed E-state index contributed by atoms with van der Waals surface area (Å²) in [7, 11) is 0. The molecule has 0 atom stereocenters. The fraction of sp³-hybridized carbons (Fsp3) is 0.276. The molecule has 38 heavy (non-hydrogen) atoms. The highest BCUT2D eigenvalue weighted by molar-refractivity contribution is 6.31. The summed E-state index contributed by atoms with van der Waals surface area (Å²) in [6, 6.07) is 3.23. The fourth-order valence-electron chi connectivity index (χ4n) is 3.14. The first-order valence-corrected chi connectivity index (χ1v) is 12.1. The van der Waals surface area contributed by atoms with E-state index in [4.69, 9.17) is 16.3 Å². The average molecular weight is 544 g/mol. The highest BCUT2D eigenvalue weighted by Gasteiger charge is 2.20. The van der Waals surface area contributed by atoms with Crippen LogP contribution in [0.15, 0.2) is 88.5 Å². The van der Waals surface area contributed by atoms with E-state index < -0.39 is 22.8 Å². The molecule has 2 aromatic rings. The quantitative estimate of drug-likeness (QED) is 0.264. The third-order valence-corrected chi connectivity index (χ3v) is 5.79. The lowest BCUT2D eigenvalue weighted by Crippen LogP contribution is -2.23. The number of hydrogen-bond acceptors (Lipinski definition) is 5. The Labute approximate surface area is 226 Å². The molecule has 0 aromatic carbocycles. The summed E-state index contributed by atoms with van der Waals surface area (Å²) >= 11 is 6.36. The van der Waals surface area contributed by atoms with E-state index in [1.807, 2.05) is 6.92 Å². The smallest absolute Gasteiger partial charge is 0.277 e. The van der Waals surface area contributed by atoms with Gasteiger partial charge in [0.1, 0.15) is 34.6 Å². The highest BCUT2D eigenvalue weighted by Crippen LogP contribution is 2.26. The Morgan fingerprint density at radius 3 is 2.50 bits per heavy atom. The van der Waals surface area contributed by atoms with Crippen LogP contribution in [0.2, 0.25) is 5.02 Å². The van der Waals surface area contributed by atoms with Gasteiger partial charge >= 0.3 is 0 Å². The molecule has 0 aliphatic rings. The summed E-state index contributed by atoms with van der Waals surface area (Å²) in [4.78, 5) is 22.2. The van der Waals surface area contributed by atoms with Gasteiger partial charge in [-0.15, -0.1) is 0 Å². The molecule has 2 rings (SSSR count). The van der Waals surface area contributed by atoms with Crippen molar-refractivity contribution >= 4 is 17.3 Å². The Kier molecular flexibility index (Phi) is 10.3. The van der Waals surface area contributed by atoms with Gasteiger partial charge in [0.05, 0.1) is 22.8 Å². The van der Waals surface area contributed by atoms with Crippen molar-refractivity contribution in [1.29, 1.82) is 0 Å². The van der Waals surface area contributed by atoms with E-state index in [1.54, 1.807) is 58.2 Å². The van der Waals surface area contributed by atoms with Crippen LogP contribution in [0.1, 0.15) is 44.6 Å². The first kappa shape index (κ1) is 30.6. The number of rotatable bonds is 10. The van der Waals surface area contributed by atoms with Gasteiger partial charge in [-0.25, -0.2) is 13.8 Å². The molecule has 0 spiro atoms. The minimum Gasteiger partial charge on any atom is -0.487 e. The molecule has 2 heterocycles. The van der Waals surface area contributed by atoms with Crippen molar-refractivity contribution in [3.63, 3.8) is 0 Å². The number of pyridine rings is 2. The zero-order valence-electron chi connectivity index (χ0n) is 22.4. The Morgan fingerprint density at radius 2 is 1.92 bits per heavy atom. The Morgan fingerprint density at radius 1 is 1.26 bits per heavy atom. The minimum absolute atomic E-state index is 0.0375. The van der Waals surface area contributed by atoms with Crippen LogP contribution in [-0.4, -0.2) is 32.6 Å². The molecule has 0 aliphatic heterocycles. The molecule has 0 bridgehead atoms.